The molecule has 5 aromatic rings. The van der Waals surface area contributed by atoms with Crippen molar-refractivity contribution in [2.24, 2.45) is 7.05 Å². The van der Waals surface area contributed by atoms with Crippen LogP contribution in [0, 0.1) is 6.92 Å². The fraction of sp³-hybridized carbons (Fsp3) is 0.111. The SMILES string of the molecule is Cc1c(NC(C=O)(c2ccccc2)c2c[nH]c3ccccc23)c(=O)n(-c2ccccc2)n1C. The lowest BCUT2D eigenvalue weighted by Gasteiger charge is -2.30. The van der Waals surface area contributed by atoms with Crippen LogP contribution in [0.4, 0.5) is 5.69 Å². The normalized spacial score (nSPS) is 13.0. The topological polar surface area (TPSA) is 71.8 Å². The maximum Gasteiger partial charge on any atom is 0.295 e. The van der Waals surface area contributed by atoms with Gasteiger partial charge in [-0.15, -0.1) is 0 Å². The molecule has 2 aromatic heterocycles. The summed E-state index contributed by atoms with van der Waals surface area (Å²) in [5.74, 6) is 0. The summed E-state index contributed by atoms with van der Waals surface area (Å²) in [4.78, 5) is 29.9. The van der Waals surface area contributed by atoms with Gasteiger partial charge in [0.05, 0.1) is 11.4 Å². The zero-order valence-corrected chi connectivity index (χ0v) is 18.4. The standard InChI is InChI=1S/C27H24N4O2/c1-19-25(26(33)31(30(19)2)21-13-7-4-8-14-21)29-27(18-32,20-11-5-3-6-12-20)23-17-28-24-16-10-9-15-22(23)24/h3-18,28-29H,1-2H3. The molecular formula is C27H24N4O2. The highest BCUT2D eigenvalue weighted by Gasteiger charge is 2.38. The van der Waals surface area contributed by atoms with Gasteiger partial charge in [-0.05, 0) is 30.7 Å². The molecule has 0 saturated heterocycles. The predicted octanol–water partition coefficient (Wildman–Crippen LogP) is 4.52. The molecule has 0 fully saturated rings. The van der Waals surface area contributed by atoms with Gasteiger partial charge in [0.15, 0.2) is 6.29 Å². The Hall–Kier alpha value is -4.32. The maximum absolute atomic E-state index is 13.6. The number of anilines is 1. The third kappa shape index (κ3) is 3.19. The summed E-state index contributed by atoms with van der Waals surface area (Å²) in [7, 11) is 1.84. The summed E-state index contributed by atoms with van der Waals surface area (Å²) >= 11 is 0. The van der Waals surface area contributed by atoms with E-state index in [9.17, 15) is 9.59 Å². The molecule has 1 unspecified atom stereocenters. The second-order valence-corrected chi connectivity index (χ2v) is 8.10. The maximum atomic E-state index is 13.6. The molecule has 0 saturated carbocycles. The van der Waals surface area contributed by atoms with Crippen LogP contribution in [-0.4, -0.2) is 20.6 Å². The predicted molar refractivity (Wildman–Crippen MR) is 131 cm³/mol. The van der Waals surface area contributed by atoms with Crippen molar-refractivity contribution >= 4 is 22.9 Å². The van der Waals surface area contributed by atoms with Crippen molar-refractivity contribution in [3.05, 3.63) is 118 Å². The third-order valence-electron chi connectivity index (χ3n) is 6.30. The van der Waals surface area contributed by atoms with Crippen molar-refractivity contribution in [2.75, 3.05) is 5.32 Å². The van der Waals surface area contributed by atoms with Gasteiger partial charge in [0.25, 0.3) is 5.56 Å². The molecule has 6 nitrogen and oxygen atoms in total. The van der Waals surface area contributed by atoms with Gasteiger partial charge in [0.2, 0.25) is 0 Å². The molecule has 164 valence electrons. The number of hydrogen-bond acceptors (Lipinski definition) is 3. The number of aldehydes is 1. The average molecular weight is 437 g/mol. The molecule has 2 heterocycles. The first kappa shape index (κ1) is 20.6. The number of benzene rings is 3. The summed E-state index contributed by atoms with van der Waals surface area (Å²) in [6.45, 7) is 1.87. The van der Waals surface area contributed by atoms with E-state index < -0.39 is 5.54 Å². The van der Waals surface area contributed by atoms with Crippen LogP contribution in [0.2, 0.25) is 0 Å². The van der Waals surface area contributed by atoms with Crippen LogP contribution in [0.25, 0.3) is 16.6 Å². The van der Waals surface area contributed by atoms with E-state index in [-0.39, 0.29) is 5.56 Å². The Labute approximate surface area is 191 Å². The second-order valence-electron chi connectivity index (χ2n) is 8.10. The third-order valence-corrected chi connectivity index (χ3v) is 6.30. The Morgan fingerprint density at radius 2 is 1.55 bits per heavy atom. The summed E-state index contributed by atoms with van der Waals surface area (Å²) in [6.07, 6.45) is 2.73. The number of aromatic amines is 1. The minimum atomic E-state index is -1.26. The molecule has 0 aliphatic heterocycles. The number of aromatic nitrogens is 3. The number of fused-ring (bicyclic) bond motifs is 1. The fourth-order valence-corrected chi connectivity index (χ4v) is 4.46. The number of H-pyrrole nitrogens is 1. The van der Waals surface area contributed by atoms with Crippen LogP contribution in [0.3, 0.4) is 0 Å². The lowest BCUT2D eigenvalue weighted by Crippen LogP contribution is -2.40. The number of carbonyl (C=O) groups is 1. The summed E-state index contributed by atoms with van der Waals surface area (Å²) in [6, 6.07) is 26.8. The Balaban J connectivity index is 1.76. The van der Waals surface area contributed by atoms with Crippen LogP contribution in [0.5, 0.6) is 0 Å². The summed E-state index contributed by atoms with van der Waals surface area (Å²) < 4.78 is 3.41. The van der Waals surface area contributed by atoms with E-state index in [1.54, 1.807) is 9.36 Å². The Morgan fingerprint density at radius 1 is 0.909 bits per heavy atom. The van der Waals surface area contributed by atoms with Gasteiger partial charge in [-0.2, -0.15) is 0 Å². The first-order valence-corrected chi connectivity index (χ1v) is 10.8. The van der Waals surface area contributed by atoms with Gasteiger partial charge < -0.3 is 10.3 Å². The monoisotopic (exact) mass is 436 g/mol. The van der Waals surface area contributed by atoms with Gasteiger partial charge in [-0.3, -0.25) is 14.3 Å². The molecule has 0 aliphatic rings. The Kier molecular flexibility index (Phi) is 4.98. The molecule has 6 heteroatoms. The number of para-hydroxylation sites is 2. The van der Waals surface area contributed by atoms with E-state index in [0.29, 0.717) is 5.69 Å². The van der Waals surface area contributed by atoms with E-state index in [1.165, 1.54) is 0 Å². The molecule has 0 amide bonds. The fourth-order valence-electron chi connectivity index (χ4n) is 4.46. The van der Waals surface area contributed by atoms with Crippen molar-refractivity contribution in [3.8, 4) is 5.69 Å². The number of nitrogens with zero attached hydrogens (tertiary/aromatic N) is 2. The Morgan fingerprint density at radius 3 is 2.24 bits per heavy atom. The lowest BCUT2D eigenvalue weighted by molar-refractivity contribution is -0.110. The molecule has 33 heavy (non-hydrogen) atoms. The van der Waals surface area contributed by atoms with Crippen LogP contribution in [0.1, 0.15) is 16.8 Å². The highest BCUT2D eigenvalue weighted by Crippen LogP contribution is 2.36. The van der Waals surface area contributed by atoms with Crippen LogP contribution in [-0.2, 0) is 17.4 Å². The van der Waals surface area contributed by atoms with Crippen molar-refractivity contribution in [1.29, 1.82) is 0 Å². The van der Waals surface area contributed by atoms with Gasteiger partial charge in [-0.1, -0.05) is 66.7 Å². The highest BCUT2D eigenvalue weighted by molar-refractivity contribution is 5.92. The Bertz CT molecular complexity index is 1500. The van der Waals surface area contributed by atoms with Crippen molar-refractivity contribution in [1.82, 2.24) is 14.3 Å². The largest absolute Gasteiger partial charge is 0.361 e. The van der Waals surface area contributed by atoms with E-state index in [1.807, 2.05) is 105 Å². The van der Waals surface area contributed by atoms with Crippen molar-refractivity contribution < 1.29 is 4.79 Å². The van der Waals surface area contributed by atoms with Crippen LogP contribution < -0.4 is 10.9 Å². The van der Waals surface area contributed by atoms with Crippen molar-refractivity contribution in [3.63, 3.8) is 0 Å². The smallest absolute Gasteiger partial charge is 0.295 e. The van der Waals surface area contributed by atoms with Gasteiger partial charge in [0, 0.05) is 29.7 Å². The molecule has 0 spiro atoms. The summed E-state index contributed by atoms with van der Waals surface area (Å²) in [5, 5.41) is 4.29. The minimum Gasteiger partial charge on any atom is -0.361 e. The van der Waals surface area contributed by atoms with Crippen LogP contribution in [0.15, 0.2) is 95.9 Å². The molecule has 3 aromatic carbocycles. The van der Waals surface area contributed by atoms with Crippen molar-refractivity contribution in [2.45, 2.75) is 12.5 Å². The number of hydrogen-bond donors (Lipinski definition) is 2. The minimum absolute atomic E-state index is 0.219. The summed E-state index contributed by atoms with van der Waals surface area (Å²) in [5.41, 5.74) is 2.80. The highest BCUT2D eigenvalue weighted by atomic mass is 16.1. The molecule has 5 rings (SSSR count). The molecule has 0 aliphatic carbocycles. The average Bonchev–Trinajstić information content (AvgIpc) is 3.38. The van der Waals surface area contributed by atoms with Gasteiger partial charge in [0.1, 0.15) is 11.2 Å². The number of carbonyl (C=O) groups excluding carboxylic acids is 1. The number of rotatable bonds is 6. The van der Waals surface area contributed by atoms with Crippen LogP contribution >= 0.6 is 0 Å². The van der Waals surface area contributed by atoms with Gasteiger partial charge in [-0.25, -0.2) is 4.68 Å². The zero-order valence-electron chi connectivity index (χ0n) is 18.4. The van der Waals surface area contributed by atoms with E-state index >= 15 is 0 Å². The van der Waals surface area contributed by atoms with E-state index in [4.69, 9.17) is 0 Å². The number of nitrogens with one attached hydrogen (secondary N) is 2. The molecule has 0 radical (unpaired) electrons. The molecule has 1 atom stereocenters. The van der Waals surface area contributed by atoms with E-state index in [2.05, 4.69) is 10.3 Å². The molecular weight excluding hydrogens is 412 g/mol. The first-order valence-electron chi connectivity index (χ1n) is 10.8. The van der Waals surface area contributed by atoms with E-state index in [0.717, 1.165) is 39.7 Å². The molecule has 2 N–H and O–H groups in total. The van der Waals surface area contributed by atoms with Gasteiger partial charge >= 0.3 is 0 Å². The zero-order chi connectivity index (χ0) is 23.0. The molecule has 0 bridgehead atoms. The second kappa shape index (κ2) is 7.98. The quantitative estimate of drug-likeness (QED) is 0.385. The first-order chi connectivity index (χ1) is 16.1. The lowest BCUT2D eigenvalue weighted by atomic mass is 9.83.